The van der Waals surface area contributed by atoms with Crippen molar-refractivity contribution in [2.24, 2.45) is 35.0 Å². The van der Waals surface area contributed by atoms with Crippen molar-refractivity contribution in [1.29, 1.82) is 0 Å². The second-order valence-electron chi connectivity index (χ2n) is 11.9. The molecule has 5 fully saturated rings. The third kappa shape index (κ3) is 2.13. The van der Waals surface area contributed by atoms with Gasteiger partial charge in [0, 0.05) is 18.4 Å². The molecule has 0 aromatic heterocycles. The number of imide groups is 1. The summed E-state index contributed by atoms with van der Waals surface area (Å²) in [5.41, 5.74) is 5.29. The minimum atomic E-state index is -0.216. The van der Waals surface area contributed by atoms with Crippen LogP contribution in [0.4, 0.5) is 0 Å². The fourth-order valence-electron chi connectivity index (χ4n) is 9.71. The second kappa shape index (κ2) is 5.92. The molecule has 1 heterocycles. The first-order valence-electron chi connectivity index (χ1n) is 12.6. The van der Waals surface area contributed by atoms with Gasteiger partial charge in [0.25, 0.3) is 0 Å². The average Bonchev–Trinajstić information content (AvgIpc) is 3.03. The summed E-state index contributed by atoms with van der Waals surface area (Å²) in [5, 5.41) is 0. The number of carbonyl (C=O) groups is 2. The van der Waals surface area contributed by atoms with Gasteiger partial charge in [-0.15, -0.1) is 0 Å². The lowest BCUT2D eigenvalue weighted by Gasteiger charge is -2.57. The maximum absolute atomic E-state index is 14.0. The van der Waals surface area contributed by atoms with Crippen molar-refractivity contribution >= 4 is 11.8 Å². The van der Waals surface area contributed by atoms with Crippen LogP contribution in [0.3, 0.4) is 0 Å². The smallest absolute Gasteiger partial charge is 0.234 e. The fourth-order valence-corrected chi connectivity index (χ4v) is 9.71. The Morgan fingerprint density at radius 1 is 0.656 bits per heavy atom. The second-order valence-corrected chi connectivity index (χ2v) is 11.9. The van der Waals surface area contributed by atoms with Gasteiger partial charge in [0.15, 0.2) is 0 Å². The van der Waals surface area contributed by atoms with Gasteiger partial charge in [-0.25, -0.2) is 0 Å². The molecule has 32 heavy (non-hydrogen) atoms. The number of amides is 2. The molecule has 2 atom stereocenters. The topological polar surface area (TPSA) is 37.4 Å². The van der Waals surface area contributed by atoms with Crippen molar-refractivity contribution in [2.45, 2.75) is 50.4 Å². The zero-order valence-electron chi connectivity index (χ0n) is 18.4. The molecule has 10 rings (SSSR count). The van der Waals surface area contributed by atoms with Gasteiger partial charge < -0.3 is 0 Å². The van der Waals surface area contributed by atoms with Gasteiger partial charge >= 0.3 is 0 Å². The quantitative estimate of drug-likeness (QED) is 0.631. The van der Waals surface area contributed by atoms with Gasteiger partial charge in [-0.1, -0.05) is 48.5 Å². The molecule has 2 amide bonds. The van der Waals surface area contributed by atoms with Crippen LogP contribution >= 0.6 is 0 Å². The van der Waals surface area contributed by atoms with Crippen LogP contribution in [0.1, 0.15) is 72.6 Å². The lowest BCUT2D eigenvalue weighted by atomic mass is 9.49. The molecule has 8 aliphatic rings. The largest absolute Gasteiger partial charge is 0.281 e. The molecule has 2 aromatic carbocycles. The highest BCUT2D eigenvalue weighted by Crippen LogP contribution is 2.63. The maximum Gasteiger partial charge on any atom is 0.234 e. The van der Waals surface area contributed by atoms with Crippen LogP contribution in [-0.4, -0.2) is 23.3 Å². The molecule has 0 unspecified atom stereocenters. The minimum absolute atomic E-state index is 0.0233. The average molecular weight is 424 g/mol. The Kier molecular flexibility index (Phi) is 3.34. The number of hydrogen-bond acceptors (Lipinski definition) is 2. The summed E-state index contributed by atoms with van der Waals surface area (Å²) >= 11 is 0. The summed E-state index contributed by atoms with van der Waals surface area (Å²) in [6.07, 6.45) is 7.87. The summed E-state index contributed by atoms with van der Waals surface area (Å²) in [6, 6.07) is 17.1. The fraction of sp³-hybridized carbons (Fsp3) is 0.517. The van der Waals surface area contributed by atoms with E-state index in [0.717, 1.165) is 17.8 Å². The Balaban J connectivity index is 1.21. The van der Waals surface area contributed by atoms with Crippen LogP contribution in [0.2, 0.25) is 0 Å². The van der Waals surface area contributed by atoms with Gasteiger partial charge in [-0.3, -0.25) is 14.5 Å². The molecule has 3 nitrogen and oxygen atoms in total. The molecule has 0 N–H and O–H groups in total. The van der Waals surface area contributed by atoms with Crippen molar-refractivity contribution in [3.8, 4) is 0 Å². The van der Waals surface area contributed by atoms with Crippen LogP contribution in [-0.2, 0) is 9.59 Å². The Hall–Kier alpha value is -2.42. The Labute approximate surface area is 189 Å². The highest BCUT2D eigenvalue weighted by molar-refractivity contribution is 6.07. The highest BCUT2D eigenvalue weighted by Gasteiger charge is 2.63. The number of benzene rings is 2. The van der Waals surface area contributed by atoms with Crippen LogP contribution in [0.5, 0.6) is 0 Å². The summed E-state index contributed by atoms with van der Waals surface area (Å²) < 4.78 is 0. The van der Waals surface area contributed by atoms with Crippen molar-refractivity contribution in [1.82, 2.24) is 4.90 Å². The van der Waals surface area contributed by atoms with Crippen molar-refractivity contribution in [3.63, 3.8) is 0 Å². The molecule has 0 spiro atoms. The molecular weight excluding hydrogens is 394 g/mol. The van der Waals surface area contributed by atoms with Gasteiger partial charge in [0.2, 0.25) is 11.8 Å². The number of rotatable bonds is 2. The standard InChI is InChI=1S/C29H29NO2/c31-27-25-23-19-5-1-2-6-20(19)24(22-8-4-3-7-21(22)23)26(25)28(32)30(27)15-29-12-16-9-17(13-29)11-18(10-16)14-29/h1-8,16-18,23-26H,9-15H2/t16?,17?,18?,23?,24?,25-,26-,29?/m0/s1. The van der Waals surface area contributed by atoms with Gasteiger partial charge in [-0.05, 0) is 83.9 Å². The third-order valence-corrected chi connectivity index (χ3v) is 10.2. The number of hydrogen-bond donors (Lipinski definition) is 0. The zero-order chi connectivity index (χ0) is 21.2. The van der Waals surface area contributed by atoms with E-state index in [-0.39, 0.29) is 40.9 Å². The molecule has 3 heteroatoms. The predicted octanol–water partition coefficient (Wildman–Crippen LogP) is 5.10. The van der Waals surface area contributed by atoms with E-state index in [0.29, 0.717) is 6.54 Å². The van der Waals surface area contributed by atoms with E-state index in [9.17, 15) is 9.59 Å². The van der Waals surface area contributed by atoms with E-state index >= 15 is 0 Å². The molecule has 1 saturated heterocycles. The van der Waals surface area contributed by atoms with Crippen LogP contribution in [0.25, 0.3) is 0 Å². The molecule has 4 saturated carbocycles. The lowest BCUT2D eigenvalue weighted by molar-refractivity contribution is -0.146. The monoisotopic (exact) mass is 423 g/mol. The zero-order valence-corrected chi connectivity index (χ0v) is 18.4. The van der Waals surface area contributed by atoms with E-state index in [4.69, 9.17) is 0 Å². The Morgan fingerprint density at radius 3 is 1.41 bits per heavy atom. The molecule has 6 bridgehead atoms. The molecule has 2 aromatic rings. The molecule has 1 aliphatic heterocycles. The van der Waals surface area contributed by atoms with Gasteiger partial charge in [-0.2, -0.15) is 0 Å². The van der Waals surface area contributed by atoms with Crippen molar-refractivity contribution in [3.05, 3.63) is 70.8 Å². The minimum Gasteiger partial charge on any atom is -0.281 e. The Morgan fingerprint density at radius 2 is 1.03 bits per heavy atom. The van der Waals surface area contributed by atoms with Crippen LogP contribution in [0, 0.1) is 35.0 Å². The van der Waals surface area contributed by atoms with Gasteiger partial charge in [0.1, 0.15) is 0 Å². The first-order chi connectivity index (χ1) is 15.6. The summed E-state index contributed by atoms with van der Waals surface area (Å²) in [5.74, 6) is 2.36. The van der Waals surface area contributed by atoms with Crippen molar-refractivity contribution < 1.29 is 9.59 Å². The normalized spacial score (nSPS) is 42.2. The predicted molar refractivity (Wildman–Crippen MR) is 121 cm³/mol. The van der Waals surface area contributed by atoms with Crippen LogP contribution < -0.4 is 0 Å². The van der Waals surface area contributed by atoms with E-state index in [1.165, 1.54) is 60.8 Å². The first-order valence-corrected chi connectivity index (χ1v) is 12.6. The first kappa shape index (κ1) is 18.1. The molecule has 7 aliphatic carbocycles. The molecular formula is C29H29NO2. The number of carbonyl (C=O) groups excluding carboxylic acids is 2. The third-order valence-electron chi connectivity index (χ3n) is 10.2. The summed E-state index contributed by atoms with van der Waals surface area (Å²) in [6.45, 7) is 0.688. The van der Waals surface area contributed by atoms with Crippen LogP contribution in [0.15, 0.2) is 48.5 Å². The lowest BCUT2D eigenvalue weighted by Crippen LogP contribution is -2.52. The Bertz CT molecular complexity index is 1030. The van der Waals surface area contributed by atoms with E-state index < -0.39 is 0 Å². The molecule has 0 radical (unpaired) electrons. The number of likely N-dealkylation sites (tertiary alicyclic amines) is 1. The van der Waals surface area contributed by atoms with E-state index in [1.807, 2.05) is 0 Å². The SMILES string of the molecule is O=C1[C@H]2C3c4ccccc4C(c4ccccc43)[C@@H]2C(=O)N1CC12CC3CC(CC(C3)C1)C2. The molecule has 162 valence electrons. The highest BCUT2D eigenvalue weighted by atomic mass is 16.2. The number of nitrogens with zero attached hydrogens (tertiary/aromatic N) is 1. The summed E-state index contributed by atoms with van der Waals surface area (Å²) in [7, 11) is 0. The summed E-state index contributed by atoms with van der Waals surface area (Å²) in [4.78, 5) is 29.7. The van der Waals surface area contributed by atoms with E-state index in [1.54, 1.807) is 4.90 Å². The van der Waals surface area contributed by atoms with E-state index in [2.05, 4.69) is 48.5 Å². The van der Waals surface area contributed by atoms with Gasteiger partial charge in [0.05, 0.1) is 11.8 Å². The maximum atomic E-state index is 14.0. The van der Waals surface area contributed by atoms with Crippen molar-refractivity contribution in [2.75, 3.05) is 6.54 Å².